The molecule has 0 fully saturated rings. The molecule has 0 unspecified atom stereocenters. The zero-order valence-electron chi connectivity index (χ0n) is 12.8. The number of hydrogen-bond donors (Lipinski definition) is 1. The van der Waals surface area contributed by atoms with Crippen LogP contribution in [-0.2, 0) is 4.79 Å². The van der Waals surface area contributed by atoms with Crippen LogP contribution in [0.3, 0.4) is 0 Å². The van der Waals surface area contributed by atoms with Crippen LogP contribution in [0, 0.1) is 6.92 Å². The fourth-order valence-electron chi connectivity index (χ4n) is 1.73. The number of carbonyl (C=O) groups is 1. The van der Waals surface area contributed by atoms with Gasteiger partial charge in [-0.1, -0.05) is 54.6 Å². The number of carbonyl (C=O) groups excluding carboxylic acids is 1. The van der Waals surface area contributed by atoms with Gasteiger partial charge in [0.05, 0.1) is 0 Å². The number of aromatic nitrogens is 2. The molecular weight excluding hydrogens is 318 g/mol. The lowest BCUT2D eigenvalue weighted by Crippen LogP contribution is -2.32. The summed E-state index contributed by atoms with van der Waals surface area (Å²) in [5, 5.41) is 11.3. The number of anilines is 1. The molecule has 0 bridgehead atoms. The standard InChI is InChI=1S/C15H19N3O2S2/c1-4-12(20-11-8-6-10(3)7-9-11)13(19)16-14-17-18-15(22-14)21-5-2/h6-9,12H,4-5H2,1-3H3,(H,16,17,19)/t12-/m1/s1. The number of benzene rings is 1. The molecule has 0 aliphatic heterocycles. The number of rotatable bonds is 7. The van der Waals surface area contributed by atoms with Gasteiger partial charge >= 0.3 is 0 Å². The van der Waals surface area contributed by atoms with Gasteiger partial charge in [-0.25, -0.2) is 0 Å². The molecular formula is C15H19N3O2S2. The molecule has 118 valence electrons. The number of aryl methyl sites for hydroxylation is 1. The second-order valence-corrected chi connectivity index (χ2v) is 7.11. The van der Waals surface area contributed by atoms with Crippen molar-refractivity contribution in [3.8, 4) is 5.75 Å². The summed E-state index contributed by atoms with van der Waals surface area (Å²) in [4.78, 5) is 12.3. The summed E-state index contributed by atoms with van der Waals surface area (Å²) in [6.07, 6.45) is 0.0311. The lowest BCUT2D eigenvalue weighted by atomic mass is 10.2. The Balaban J connectivity index is 1.97. The molecule has 0 aliphatic rings. The lowest BCUT2D eigenvalue weighted by Gasteiger charge is -2.16. The van der Waals surface area contributed by atoms with Gasteiger partial charge in [-0.2, -0.15) is 0 Å². The zero-order valence-corrected chi connectivity index (χ0v) is 14.5. The van der Waals surface area contributed by atoms with Crippen LogP contribution >= 0.6 is 23.1 Å². The molecule has 0 radical (unpaired) electrons. The van der Waals surface area contributed by atoms with Crippen molar-refractivity contribution in [2.45, 2.75) is 37.6 Å². The van der Waals surface area contributed by atoms with E-state index in [1.165, 1.54) is 11.3 Å². The molecule has 0 saturated carbocycles. The fraction of sp³-hybridized carbons (Fsp3) is 0.400. The van der Waals surface area contributed by atoms with Gasteiger partial charge in [0.2, 0.25) is 5.13 Å². The molecule has 1 N–H and O–H groups in total. The maximum absolute atomic E-state index is 12.3. The van der Waals surface area contributed by atoms with E-state index in [-0.39, 0.29) is 5.91 Å². The summed E-state index contributed by atoms with van der Waals surface area (Å²) in [7, 11) is 0. The van der Waals surface area contributed by atoms with Gasteiger partial charge in [-0.15, -0.1) is 10.2 Å². The highest BCUT2D eigenvalue weighted by Gasteiger charge is 2.20. The van der Waals surface area contributed by atoms with Crippen LogP contribution in [-0.4, -0.2) is 28.0 Å². The number of ether oxygens (including phenoxy) is 1. The maximum atomic E-state index is 12.3. The summed E-state index contributed by atoms with van der Waals surface area (Å²) in [6, 6.07) is 7.65. The fourth-order valence-corrected chi connectivity index (χ4v) is 3.38. The molecule has 0 aliphatic carbocycles. The van der Waals surface area contributed by atoms with E-state index in [1.807, 2.05) is 45.0 Å². The Morgan fingerprint density at radius 1 is 1.32 bits per heavy atom. The third kappa shape index (κ3) is 4.71. The molecule has 0 saturated heterocycles. The van der Waals surface area contributed by atoms with E-state index >= 15 is 0 Å². The highest BCUT2D eigenvalue weighted by Crippen LogP contribution is 2.25. The molecule has 0 spiro atoms. The topological polar surface area (TPSA) is 64.1 Å². The predicted octanol–water partition coefficient (Wildman–Crippen LogP) is 3.75. The Labute approximate surface area is 138 Å². The minimum atomic E-state index is -0.547. The van der Waals surface area contributed by atoms with Gasteiger partial charge in [-0.3, -0.25) is 10.1 Å². The Morgan fingerprint density at radius 3 is 2.68 bits per heavy atom. The number of nitrogens with one attached hydrogen (secondary N) is 1. The monoisotopic (exact) mass is 337 g/mol. The molecule has 1 aromatic heterocycles. The van der Waals surface area contributed by atoms with Crippen molar-refractivity contribution < 1.29 is 9.53 Å². The number of amides is 1. The zero-order chi connectivity index (χ0) is 15.9. The van der Waals surface area contributed by atoms with Crippen molar-refractivity contribution in [2.75, 3.05) is 11.1 Å². The summed E-state index contributed by atoms with van der Waals surface area (Å²) < 4.78 is 6.60. The minimum Gasteiger partial charge on any atom is -0.481 e. The number of hydrogen-bond acceptors (Lipinski definition) is 6. The van der Waals surface area contributed by atoms with Crippen molar-refractivity contribution in [1.82, 2.24) is 10.2 Å². The van der Waals surface area contributed by atoms with Crippen LogP contribution in [0.4, 0.5) is 5.13 Å². The van der Waals surface area contributed by atoms with Gasteiger partial charge in [-0.05, 0) is 31.2 Å². The maximum Gasteiger partial charge on any atom is 0.267 e. The summed E-state index contributed by atoms with van der Waals surface area (Å²) in [5.41, 5.74) is 1.15. The van der Waals surface area contributed by atoms with E-state index in [0.717, 1.165) is 15.7 Å². The second-order valence-electron chi connectivity index (χ2n) is 4.62. The van der Waals surface area contributed by atoms with Crippen LogP contribution in [0.15, 0.2) is 28.6 Å². The van der Waals surface area contributed by atoms with Crippen molar-refractivity contribution in [3.63, 3.8) is 0 Å². The van der Waals surface area contributed by atoms with Crippen LogP contribution in [0.2, 0.25) is 0 Å². The molecule has 2 aromatic rings. The van der Waals surface area contributed by atoms with E-state index in [9.17, 15) is 4.79 Å². The molecule has 2 rings (SSSR count). The first-order chi connectivity index (χ1) is 10.6. The lowest BCUT2D eigenvalue weighted by molar-refractivity contribution is -0.122. The Kier molecular flexibility index (Phi) is 6.21. The first-order valence-corrected chi connectivity index (χ1v) is 8.93. The van der Waals surface area contributed by atoms with Gasteiger partial charge in [0, 0.05) is 0 Å². The van der Waals surface area contributed by atoms with E-state index in [2.05, 4.69) is 15.5 Å². The van der Waals surface area contributed by atoms with E-state index in [4.69, 9.17) is 4.74 Å². The van der Waals surface area contributed by atoms with Crippen molar-refractivity contribution in [2.24, 2.45) is 0 Å². The Hall–Kier alpha value is -1.60. The van der Waals surface area contributed by atoms with E-state index < -0.39 is 6.10 Å². The van der Waals surface area contributed by atoms with Crippen LogP contribution in [0.1, 0.15) is 25.8 Å². The van der Waals surface area contributed by atoms with Gasteiger partial charge < -0.3 is 4.74 Å². The third-order valence-corrected chi connectivity index (χ3v) is 4.72. The predicted molar refractivity (Wildman–Crippen MR) is 90.8 cm³/mol. The largest absolute Gasteiger partial charge is 0.481 e. The average Bonchev–Trinajstić information content (AvgIpc) is 2.94. The first kappa shape index (κ1) is 16.8. The molecule has 7 heteroatoms. The van der Waals surface area contributed by atoms with Crippen LogP contribution < -0.4 is 10.1 Å². The van der Waals surface area contributed by atoms with Crippen molar-refractivity contribution in [3.05, 3.63) is 29.8 Å². The molecule has 1 amide bonds. The summed E-state index contributed by atoms with van der Waals surface area (Å²) >= 11 is 2.98. The molecule has 22 heavy (non-hydrogen) atoms. The van der Waals surface area contributed by atoms with Crippen molar-refractivity contribution in [1.29, 1.82) is 0 Å². The SMILES string of the molecule is CCSc1nnc(NC(=O)[C@@H](CC)Oc2ccc(C)cc2)s1. The summed E-state index contributed by atoms with van der Waals surface area (Å²) in [6.45, 7) is 5.97. The molecule has 1 atom stereocenters. The highest BCUT2D eigenvalue weighted by molar-refractivity contribution is 8.01. The molecule has 5 nitrogen and oxygen atoms in total. The Bertz CT molecular complexity index is 614. The highest BCUT2D eigenvalue weighted by atomic mass is 32.2. The van der Waals surface area contributed by atoms with E-state index in [0.29, 0.717) is 17.3 Å². The smallest absolute Gasteiger partial charge is 0.267 e. The van der Waals surface area contributed by atoms with Crippen molar-refractivity contribution >= 4 is 34.1 Å². The molecule has 1 heterocycles. The average molecular weight is 337 g/mol. The number of thioether (sulfide) groups is 1. The van der Waals surface area contributed by atoms with Crippen LogP contribution in [0.5, 0.6) is 5.75 Å². The van der Waals surface area contributed by atoms with Gasteiger partial charge in [0.15, 0.2) is 10.4 Å². The molecule has 1 aromatic carbocycles. The van der Waals surface area contributed by atoms with E-state index in [1.54, 1.807) is 11.8 Å². The number of nitrogens with zero attached hydrogens (tertiary/aromatic N) is 2. The quantitative estimate of drug-likeness (QED) is 0.616. The van der Waals surface area contributed by atoms with Gasteiger partial charge in [0.1, 0.15) is 5.75 Å². The van der Waals surface area contributed by atoms with Gasteiger partial charge in [0.25, 0.3) is 5.91 Å². The van der Waals surface area contributed by atoms with Crippen LogP contribution in [0.25, 0.3) is 0 Å². The normalized spacial score (nSPS) is 12.0. The minimum absolute atomic E-state index is 0.202. The second kappa shape index (κ2) is 8.14. The Morgan fingerprint density at radius 2 is 2.05 bits per heavy atom. The first-order valence-electron chi connectivity index (χ1n) is 7.12. The third-order valence-electron chi connectivity index (χ3n) is 2.87. The summed E-state index contributed by atoms with van der Waals surface area (Å²) in [5.74, 6) is 1.41.